The summed E-state index contributed by atoms with van der Waals surface area (Å²) in [6.07, 6.45) is 2.87. The van der Waals surface area contributed by atoms with E-state index < -0.39 is 0 Å². The van der Waals surface area contributed by atoms with E-state index in [0.717, 1.165) is 32.0 Å². The summed E-state index contributed by atoms with van der Waals surface area (Å²) in [6, 6.07) is 1.72. The fraction of sp³-hybridized carbons (Fsp3) is 0.600. The molecule has 0 radical (unpaired) electrons. The summed E-state index contributed by atoms with van der Waals surface area (Å²) in [6.45, 7) is 4.33. The van der Waals surface area contributed by atoms with Gasteiger partial charge in [-0.15, -0.1) is 0 Å². The van der Waals surface area contributed by atoms with E-state index in [4.69, 9.17) is 16.3 Å². The molecular formula is C10H16ClN3OS. The fourth-order valence-corrected chi connectivity index (χ4v) is 1.73. The molecule has 0 aromatic carbocycles. The minimum absolute atomic E-state index is 0.464. The third kappa shape index (κ3) is 5.01. The number of halogens is 1. The lowest BCUT2D eigenvalue weighted by molar-refractivity contribution is 0.147. The molecule has 1 aromatic rings. The van der Waals surface area contributed by atoms with Crippen molar-refractivity contribution < 1.29 is 4.74 Å². The molecule has 0 fully saturated rings. The molecule has 0 aliphatic carbocycles. The van der Waals surface area contributed by atoms with Crippen LogP contribution in [-0.4, -0.2) is 36.0 Å². The Hall–Kier alpha value is -0.520. The molecule has 0 amide bonds. The fourth-order valence-electron chi connectivity index (χ4n) is 1.11. The van der Waals surface area contributed by atoms with Crippen molar-refractivity contribution in [1.82, 2.24) is 9.97 Å². The largest absolute Gasteiger partial charge is 0.382 e. The number of hydrogen-bond acceptors (Lipinski definition) is 5. The van der Waals surface area contributed by atoms with Crippen LogP contribution in [0.2, 0.25) is 5.15 Å². The molecule has 1 rings (SSSR count). The van der Waals surface area contributed by atoms with Gasteiger partial charge in [-0.3, -0.25) is 0 Å². The second-order valence-corrected chi connectivity index (χ2v) is 4.20. The maximum atomic E-state index is 5.86. The van der Waals surface area contributed by atoms with E-state index in [1.54, 1.807) is 6.07 Å². The Morgan fingerprint density at radius 1 is 1.50 bits per heavy atom. The molecule has 1 N–H and O–H groups in total. The molecule has 1 heterocycles. The maximum Gasteiger partial charge on any atom is 0.190 e. The Bertz CT molecular complexity index is 325. The highest BCUT2D eigenvalue weighted by Crippen LogP contribution is 2.16. The average molecular weight is 262 g/mol. The summed E-state index contributed by atoms with van der Waals surface area (Å²) in [7, 11) is 0. The zero-order valence-electron chi connectivity index (χ0n) is 9.49. The van der Waals surface area contributed by atoms with Gasteiger partial charge in [0.1, 0.15) is 11.0 Å². The van der Waals surface area contributed by atoms with Crippen molar-refractivity contribution in [3.05, 3.63) is 11.2 Å². The van der Waals surface area contributed by atoms with Crippen molar-refractivity contribution in [3.63, 3.8) is 0 Å². The zero-order valence-corrected chi connectivity index (χ0v) is 11.1. The molecule has 90 valence electrons. The first-order valence-corrected chi connectivity index (χ1v) is 6.76. The molecule has 4 nitrogen and oxygen atoms in total. The van der Waals surface area contributed by atoms with Gasteiger partial charge in [-0.1, -0.05) is 23.4 Å². The zero-order chi connectivity index (χ0) is 11.8. The average Bonchev–Trinajstić information content (AvgIpc) is 2.28. The molecule has 0 saturated heterocycles. The van der Waals surface area contributed by atoms with Gasteiger partial charge in [0, 0.05) is 25.8 Å². The van der Waals surface area contributed by atoms with Crippen LogP contribution < -0.4 is 5.32 Å². The number of rotatable bonds is 7. The van der Waals surface area contributed by atoms with Gasteiger partial charge in [-0.05, 0) is 19.6 Å². The molecule has 0 aliphatic heterocycles. The van der Waals surface area contributed by atoms with Gasteiger partial charge in [0.15, 0.2) is 5.16 Å². The quantitative estimate of drug-likeness (QED) is 0.354. The van der Waals surface area contributed by atoms with E-state index in [1.165, 1.54) is 11.8 Å². The molecule has 16 heavy (non-hydrogen) atoms. The van der Waals surface area contributed by atoms with Gasteiger partial charge >= 0.3 is 0 Å². The van der Waals surface area contributed by atoms with Crippen LogP contribution in [0, 0.1) is 0 Å². The Morgan fingerprint density at radius 2 is 2.31 bits per heavy atom. The molecule has 1 aromatic heterocycles. The minimum Gasteiger partial charge on any atom is -0.382 e. The van der Waals surface area contributed by atoms with Gasteiger partial charge in [0.05, 0.1) is 0 Å². The summed E-state index contributed by atoms with van der Waals surface area (Å²) in [5, 5.41) is 4.34. The van der Waals surface area contributed by atoms with Crippen molar-refractivity contribution in [1.29, 1.82) is 0 Å². The minimum atomic E-state index is 0.464. The van der Waals surface area contributed by atoms with E-state index in [0.29, 0.717) is 10.3 Å². The summed E-state index contributed by atoms with van der Waals surface area (Å²) in [5.41, 5.74) is 0. The first-order chi connectivity index (χ1) is 7.76. The Balaban J connectivity index is 2.38. The van der Waals surface area contributed by atoms with Crippen molar-refractivity contribution in [2.24, 2.45) is 0 Å². The highest BCUT2D eigenvalue weighted by Gasteiger charge is 2.01. The number of ether oxygens (including phenoxy) is 1. The van der Waals surface area contributed by atoms with E-state index in [2.05, 4.69) is 15.3 Å². The second-order valence-electron chi connectivity index (χ2n) is 3.04. The van der Waals surface area contributed by atoms with Gasteiger partial charge in [0.25, 0.3) is 0 Å². The van der Waals surface area contributed by atoms with Gasteiger partial charge in [0.2, 0.25) is 0 Å². The second kappa shape index (κ2) is 7.70. The van der Waals surface area contributed by atoms with E-state index >= 15 is 0 Å². The highest BCUT2D eigenvalue weighted by molar-refractivity contribution is 7.98. The molecule has 6 heteroatoms. The van der Waals surface area contributed by atoms with Gasteiger partial charge in [-0.2, -0.15) is 0 Å². The van der Waals surface area contributed by atoms with Crippen LogP contribution >= 0.6 is 23.4 Å². The SMILES string of the molecule is CCOCCCNc1cc(Cl)nc(SC)n1. The molecule has 0 saturated carbocycles. The lowest BCUT2D eigenvalue weighted by atomic mass is 10.4. The van der Waals surface area contributed by atoms with E-state index in [-0.39, 0.29) is 0 Å². The molecule has 0 aliphatic rings. The Labute approximate surface area is 105 Å². The number of nitrogens with zero attached hydrogens (tertiary/aromatic N) is 2. The number of anilines is 1. The van der Waals surface area contributed by atoms with Crippen LogP contribution in [0.25, 0.3) is 0 Å². The predicted molar refractivity (Wildman–Crippen MR) is 68.4 cm³/mol. The Kier molecular flexibility index (Phi) is 6.52. The molecule has 0 unspecified atom stereocenters. The molecular weight excluding hydrogens is 246 g/mol. The van der Waals surface area contributed by atoms with Crippen LogP contribution in [0.5, 0.6) is 0 Å². The van der Waals surface area contributed by atoms with Crippen LogP contribution in [0.4, 0.5) is 5.82 Å². The van der Waals surface area contributed by atoms with Crippen LogP contribution in [0.3, 0.4) is 0 Å². The normalized spacial score (nSPS) is 10.4. The lowest BCUT2D eigenvalue weighted by Crippen LogP contribution is -2.07. The number of aromatic nitrogens is 2. The first kappa shape index (κ1) is 13.5. The molecule has 0 spiro atoms. The Morgan fingerprint density at radius 3 is 3.00 bits per heavy atom. The van der Waals surface area contributed by atoms with Gasteiger partial charge < -0.3 is 10.1 Å². The topological polar surface area (TPSA) is 47.0 Å². The van der Waals surface area contributed by atoms with Crippen molar-refractivity contribution in [3.8, 4) is 0 Å². The van der Waals surface area contributed by atoms with Crippen molar-refractivity contribution in [2.75, 3.05) is 31.3 Å². The highest BCUT2D eigenvalue weighted by atomic mass is 35.5. The summed E-state index contributed by atoms with van der Waals surface area (Å²) in [4.78, 5) is 8.35. The maximum absolute atomic E-state index is 5.86. The smallest absolute Gasteiger partial charge is 0.190 e. The molecule has 0 atom stereocenters. The van der Waals surface area contributed by atoms with Crippen LogP contribution in [0.1, 0.15) is 13.3 Å². The number of thioether (sulfide) groups is 1. The lowest BCUT2D eigenvalue weighted by Gasteiger charge is -2.06. The first-order valence-electron chi connectivity index (χ1n) is 5.16. The summed E-state index contributed by atoms with van der Waals surface area (Å²) in [5.74, 6) is 0.765. The summed E-state index contributed by atoms with van der Waals surface area (Å²) >= 11 is 7.34. The monoisotopic (exact) mass is 261 g/mol. The molecule has 0 bridgehead atoms. The van der Waals surface area contributed by atoms with E-state index in [9.17, 15) is 0 Å². The predicted octanol–water partition coefficient (Wildman–Crippen LogP) is 2.69. The van der Waals surface area contributed by atoms with Gasteiger partial charge in [-0.25, -0.2) is 9.97 Å². The van der Waals surface area contributed by atoms with Crippen molar-refractivity contribution in [2.45, 2.75) is 18.5 Å². The van der Waals surface area contributed by atoms with Crippen molar-refractivity contribution >= 4 is 29.2 Å². The summed E-state index contributed by atoms with van der Waals surface area (Å²) < 4.78 is 5.24. The number of nitrogens with one attached hydrogen (secondary N) is 1. The standard InChI is InChI=1S/C10H16ClN3OS/c1-3-15-6-4-5-12-9-7-8(11)13-10(14-9)16-2/h7H,3-6H2,1-2H3,(H,12,13,14). The van der Waals surface area contributed by atoms with Crippen LogP contribution in [-0.2, 0) is 4.74 Å². The van der Waals surface area contributed by atoms with Crippen LogP contribution in [0.15, 0.2) is 11.2 Å². The third-order valence-corrected chi connectivity index (χ3v) is 2.57. The number of hydrogen-bond donors (Lipinski definition) is 1. The van der Waals surface area contributed by atoms with E-state index in [1.807, 2.05) is 13.2 Å². The third-order valence-electron chi connectivity index (χ3n) is 1.83.